The molecule has 0 aromatic carbocycles. The fraction of sp³-hybridized carbons (Fsp3) is 1.00. The van der Waals surface area contributed by atoms with Gasteiger partial charge in [0.2, 0.25) is 0 Å². The Hall–Kier alpha value is -0.120. The molecule has 3 nitrogen and oxygen atoms in total. The van der Waals surface area contributed by atoms with E-state index in [0.717, 1.165) is 0 Å². The third kappa shape index (κ3) is 10.4. The lowest BCUT2D eigenvalue weighted by molar-refractivity contribution is 0.160. The van der Waals surface area contributed by atoms with Gasteiger partial charge < -0.3 is 9.80 Å². The van der Waals surface area contributed by atoms with E-state index in [2.05, 4.69) is 77.1 Å². The van der Waals surface area contributed by atoms with Crippen LogP contribution >= 0.6 is 0 Å². The molecule has 0 saturated heterocycles. The quantitative estimate of drug-likeness (QED) is 0.466. The van der Waals surface area contributed by atoms with Gasteiger partial charge in [0.25, 0.3) is 0 Å². The fourth-order valence-electron chi connectivity index (χ4n) is 3.13. The van der Waals surface area contributed by atoms with E-state index in [1.54, 1.807) is 0 Å². The second-order valence-corrected chi connectivity index (χ2v) is 8.19. The largest absolute Gasteiger partial charge is 0.304 e. The predicted octanol–water partition coefficient (Wildman–Crippen LogP) is 4.33. The Morgan fingerprint density at radius 1 is 0.522 bits per heavy atom. The Kier molecular flexibility index (Phi) is 12.2. The molecule has 0 radical (unpaired) electrons. The third-order valence-corrected chi connectivity index (χ3v) is 5.01. The van der Waals surface area contributed by atoms with Gasteiger partial charge in [-0.05, 0) is 108 Å². The minimum atomic E-state index is 0.653. The van der Waals surface area contributed by atoms with Gasteiger partial charge in [-0.2, -0.15) is 0 Å². The second kappa shape index (κ2) is 12.3. The van der Waals surface area contributed by atoms with Crippen molar-refractivity contribution in [2.24, 2.45) is 0 Å². The summed E-state index contributed by atoms with van der Waals surface area (Å²) in [7, 11) is 2.23. The van der Waals surface area contributed by atoms with E-state index in [4.69, 9.17) is 0 Å². The van der Waals surface area contributed by atoms with Gasteiger partial charge in [0.1, 0.15) is 0 Å². The average Bonchev–Trinajstić information content (AvgIpc) is 2.43. The highest BCUT2D eigenvalue weighted by Crippen LogP contribution is 2.09. The zero-order valence-corrected chi connectivity index (χ0v) is 17.6. The van der Waals surface area contributed by atoms with Gasteiger partial charge in [-0.15, -0.1) is 0 Å². The van der Waals surface area contributed by atoms with E-state index in [-0.39, 0.29) is 0 Å². The average molecular weight is 328 g/mol. The molecule has 0 heterocycles. The van der Waals surface area contributed by atoms with Gasteiger partial charge in [-0.1, -0.05) is 0 Å². The second-order valence-electron chi connectivity index (χ2n) is 8.19. The molecule has 0 unspecified atom stereocenters. The Balaban J connectivity index is 4.05. The lowest BCUT2D eigenvalue weighted by Crippen LogP contribution is -2.38. The number of hydrogen-bond donors (Lipinski definition) is 0. The van der Waals surface area contributed by atoms with Crippen molar-refractivity contribution in [2.75, 3.05) is 33.2 Å². The monoisotopic (exact) mass is 327 g/mol. The van der Waals surface area contributed by atoms with Gasteiger partial charge >= 0.3 is 0 Å². The van der Waals surface area contributed by atoms with Crippen molar-refractivity contribution in [1.82, 2.24) is 14.7 Å². The van der Waals surface area contributed by atoms with E-state index >= 15 is 0 Å². The van der Waals surface area contributed by atoms with E-state index in [1.165, 1.54) is 45.4 Å². The van der Waals surface area contributed by atoms with Crippen LogP contribution in [0.2, 0.25) is 0 Å². The molecule has 0 aliphatic heterocycles. The lowest BCUT2D eigenvalue weighted by atomic mass is 10.2. The summed E-state index contributed by atoms with van der Waals surface area (Å²) in [4.78, 5) is 7.71. The highest BCUT2D eigenvalue weighted by atomic mass is 15.2. The van der Waals surface area contributed by atoms with Crippen LogP contribution in [0.25, 0.3) is 0 Å². The summed E-state index contributed by atoms with van der Waals surface area (Å²) in [5, 5.41) is 0. The van der Waals surface area contributed by atoms with Gasteiger partial charge in [-0.25, -0.2) is 0 Å². The molecule has 0 aromatic heterocycles. The topological polar surface area (TPSA) is 9.72 Å². The SMILES string of the molecule is CC(C)N(C)CCCN(CCCCN(C(C)C)C(C)C)C(C)C. The first-order chi connectivity index (χ1) is 10.7. The molecule has 0 saturated carbocycles. The van der Waals surface area contributed by atoms with E-state index in [9.17, 15) is 0 Å². The first-order valence-corrected chi connectivity index (χ1v) is 9.86. The lowest BCUT2D eigenvalue weighted by Gasteiger charge is -2.31. The van der Waals surface area contributed by atoms with Crippen molar-refractivity contribution < 1.29 is 0 Å². The van der Waals surface area contributed by atoms with Crippen LogP contribution in [-0.2, 0) is 0 Å². The molecule has 0 N–H and O–H groups in total. The Morgan fingerprint density at radius 2 is 1.00 bits per heavy atom. The van der Waals surface area contributed by atoms with E-state index in [0.29, 0.717) is 24.2 Å². The van der Waals surface area contributed by atoms with Gasteiger partial charge in [0, 0.05) is 24.2 Å². The van der Waals surface area contributed by atoms with Crippen LogP contribution in [0.3, 0.4) is 0 Å². The Morgan fingerprint density at radius 3 is 1.43 bits per heavy atom. The van der Waals surface area contributed by atoms with Crippen LogP contribution in [0.5, 0.6) is 0 Å². The van der Waals surface area contributed by atoms with Crippen LogP contribution in [-0.4, -0.2) is 72.1 Å². The van der Waals surface area contributed by atoms with Gasteiger partial charge in [0.15, 0.2) is 0 Å². The zero-order chi connectivity index (χ0) is 18.0. The van der Waals surface area contributed by atoms with E-state index < -0.39 is 0 Å². The first-order valence-electron chi connectivity index (χ1n) is 9.86. The van der Waals surface area contributed by atoms with Crippen LogP contribution in [0.4, 0.5) is 0 Å². The van der Waals surface area contributed by atoms with Crippen molar-refractivity contribution in [3.63, 3.8) is 0 Å². The third-order valence-electron chi connectivity index (χ3n) is 5.01. The molecule has 0 aliphatic carbocycles. The normalized spacial score (nSPS) is 13.0. The molecule has 0 atom stereocenters. The van der Waals surface area contributed by atoms with Gasteiger partial charge in [-0.3, -0.25) is 4.90 Å². The Labute approximate surface area is 147 Å². The van der Waals surface area contributed by atoms with Crippen molar-refractivity contribution in [1.29, 1.82) is 0 Å². The molecule has 0 rings (SSSR count). The van der Waals surface area contributed by atoms with Crippen LogP contribution in [0, 0.1) is 0 Å². The summed E-state index contributed by atoms with van der Waals surface area (Å²) in [5.74, 6) is 0. The molecule has 23 heavy (non-hydrogen) atoms. The van der Waals surface area contributed by atoms with E-state index in [1.807, 2.05) is 0 Å². The number of nitrogens with zero attached hydrogens (tertiary/aromatic N) is 3. The molecule has 0 amide bonds. The van der Waals surface area contributed by atoms with Crippen molar-refractivity contribution in [3.05, 3.63) is 0 Å². The Bertz CT molecular complexity index is 266. The minimum absolute atomic E-state index is 0.653. The molecule has 0 fully saturated rings. The summed E-state index contributed by atoms with van der Waals surface area (Å²) in [6.07, 6.45) is 3.90. The predicted molar refractivity (Wildman–Crippen MR) is 105 cm³/mol. The van der Waals surface area contributed by atoms with Crippen LogP contribution in [0.1, 0.15) is 74.7 Å². The maximum absolute atomic E-state index is 2.66. The van der Waals surface area contributed by atoms with Crippen LogP contribution in [0.15, 0.2) is 0 Å². The molecule has 0 spiro atoms. The molecule has 0 bridgehead atoms. The molecule has 0 aliphatic rings. The van der Waals surface area contributed by atoms with Crippen molar-refractivity contribution in [2.45, 2.75) is 98.8 Å². The molecule has 3 heteroatoms. The standard InChI is InChI=1S/C20H45N3/c1-17(2)21(9)13-12-15-22(18(3)4)14-10-11-16-23(19(5)6)20(7)8/h17-20H,10-16H2,1-9H3. The summed E-state index contributed by atoms with van der Waals surface area (Å²) in [5.41, 5.74) is 0. The summed E-state index contributed by atoms with van der Waals surface area (Å²) in [6, 6.07) is 2.62. The molecular weight excluding hydrogens is 282 g/mol. The summed E-state index contributed by atoms with van der Waals surface area (Å²) < 4.78 is 0. The van der Waals surface area contributed by atoms with Crippen molar-refractivity contribution >= 4 is 0 Å². The fourth-order valence-corrected chi connectivity index (χ4v) is 3.13. The zero-order valence-electron chi connectivity index (χ0n) is 17.6. The highest BCUT2D eigenvalue weighted by molar-refractivity contribution is 4.69. The first kappa shape index (κ1) is 22.9. The molecular formula is C20H45N3. The number of hydrogen-bond acceptors (Lipinski definition) is 3. The molecule has 0 aromatic rings. The van der Waals surface area contributed by atoms with Gasteiger partial charge in [0.05, 0.1) is 0 Å². The number of rotatable bonds is 13. The smallest absolute Gasteiger partial charge is 0.00412 e. The summed E-state index contributed by atoms with van der Waals surface area (Å²) in [6.45, 7) is 23.4. The highest BCUT2D eigenvalue weighted by Gasteiger charge is 2.14. The minimum Gasteiger partial charge on any atom is -0.304 e. The van der Waals surface area contributed by atoms with Crippen molar-refractivity contribution in [3.8, 4) is 0 Å². The van der Waals surface area contributed by atoms with Crippen LogP contribution < -0.4 is 0 Å². The maximum atomic E-state index is 2.66. The summed E-state index contributed by atoms with van der Waals surface area (Å²) >= 11 is 0. The number of unbranched alkanes of at least 4 members (excludes halogenated alkanes) is 1. The maximum Gasteiger partial charge on any atom is 0.00412 e. The molecule has 140 valence electrons.